The van der Waals surface area contributed by atoms with Crippen LogP contribution in [0.1, 0.15) is 17.7 Å². The lowest BCUT2D eigenvalue weighted by Crippen LogP contribution is -2.02. The van der Waals surface area contributed by atoms with Gasteiger partial charge in [-0.2, -0.15) is 0 Å². The molecule has 40 heavy (non-hydrogen) atoms. The molecule has 8 rings (SSSR count). The summed E-state index contributed by atoms with van der Waals surface area (Å²) >= 11 is 0. The molecular weight excluding hydrogens is 488 g/mol. The van der Waals surface area contributed by atoms with Crippen LogP contribution in [0.5, 0.6) is 0 Å². The molecule has 4 N–H and O–H groups in total. The van der Waals surface area contributed by atoms with E-state index in [2.05, 4.69) is 106 Å². The molecule has 7 aromatic rings. The van der Waals surface area contributed by atoms with Crippen molar-refractivity contribution in [2.75, 3.05) is 11.5 Å². The number of fused-ring (bicyclic) bond motifs is 6. The molecule has 192 valence electrons. The molecule has 4 heteroatoms. The number of nitrogens with zero attached hydrogens (tertiary/aromatic N) is 2. The Morgan fingerprint density at radius 3 is 1.70 bits per heavy atom. The summed E-state index contributed by atoms with van der Waals surface area (Å²) in [4.78, 5) is 0. The zero-order valence-corrected chi connectivity index (χ0v) is 22.0. The van der Waals surface area contributed by atoms with Gasteiger partial charge in [0, 0.05) is 50.2 Å². The number of hydrogen-bond acceptors (Lipinski definition) is 2. The Morgan fingerprint density at radius 2 is 1.07 bits per heavy atom. The molecule has 1 aliphatic rings. The highest BCUT2D eigenvalue weighted by Crippen LogP contribution is 2.36. The molecule has 0 bridgehead atoms. The minimum absolute atomic E-state index is 0.748. The number of anilines is 2. The molecule has 0 saturated heterocycles. The summed E-state index contributed by atoms with van der Waals surface area (Å²) in [5.74, 6) is 0. The van der Waals surface area contributed by atoms with Gasteiger partial charge in [-0.3, -0.25) is 0 Å². The van der Waals surface area contributed by atoms with Gasteiger partial charge in [-0.05, 0) is 90.7 Å². The smallest absolute Gasteiger partial charge is 0.0542 e. The van der Waals surface area contributed by atoms with Gasteiger partial charge in [-0.15, -0.1) is 0 Å². The Hall–Kier alpha value is -5.22. The number of aromatic nitrogens is 2. The average molecular weight is 517 g/mol. The van der Waals surface area contributed by atoms with Gasteiger partial charge in [-0.1, -0.05) is 54.6 Å². The first-order valence-electron chi connectivity index (χ1n) is 13.7. The summed E-state index contributed by atoms with van der Waals surface area (Å²) in [7, 11) is 0. The summed E-state index contributed by atoms with van der Waals surface area (Å²) in [6.45, 7) is 0. The van der Waals surface area contributed by atoms with Crippen LogP contribution in [0.4, 0.5) is 11.4 Å². The molecule has 0 atom stereocenters. The largest absolute Gasteiger partial charge is 0.399 e. The van der Waals surface area contributed by atoms with E-state index in [-0.39, 0.29) is 0 Å². The Balaban J connectivity index is 1.18. The normalized spacial score (nSPS) is 12.9. The van der Waals surface area contributed by atoms with Crippen LogP contribution < -0.4 is 11.5 Å². The first-order valence-corrected chi connectivity index (χ1v) is 13.7. The second-order valence-corrected chi connectivity index (χ2v) is 10.6. The molecule has 0 fully saturated rings. The van der Waals surface area contributed by atoms with E-state index >= 15 is 0 Å². The summed E-state index contributed by atoms with van der Waals surface area (Å²) in [5, 5.41) is 3.54. The Labute approximate surface area is 232 Å². The maximum absolute atomic E-state index is 6.14. The summed E-state index contributed by atoms with van der Waals surface area (Å²) in [6.07, 6.45) is 6.72. The lowest BCUT2D eigenvalue weighted by molar-refractivity contribution is 0.888. The maximum atomic E-state index is 6.14. The van der Waals surface area contributed by atoms with Crippen LogP contribution >= 0.6 is 0 Å². The highest BCUT2D eigenvalue weighted by atomic mass is 15.0. The number of nitrogen functional groups attached to an aromatic ring is 2. The third kappa shape index (κ3) is 3.39. The van der Waals surface area contributed by atoms with Crippen LogP contribution in [0.25, 0.3) is 61.3 Å². The predicted octanol–water partition coefficient (Wildman–Crippen LogP) is 8.52. The number of benzene rings is 5. The fourth-order valence-electron chi connectivity index (χ4n) is 6.41. The second-order valence-electron chi connectivity index (χ2n) is 10.6. The van der Waals surface area contributed by atoms with E-state index in [0.29, 0.717) is 0 Å². The fraction of sp³-hybridized carbons (Fsp3) is 0.0556. The monoisotopic (exact) mass is 516 g/mol. The van der Waals surface area contributed by atoms with Gasteiger partial charge in [0.05, 0.1) is 16.6 Å². The lowest BCUT2D eigenvalue weighted by Gasteiger charge is -2.14. The van der Waals surface area contributed by atoms with Crippen molar-refractivity contribution in [3.8, 4) is 22.5 Å². The van der Waals surface area contributed by atoms with Crippen molar-refractivity contribution in [1.82, 2.24) is 9.13 Å². The molecule has 1 aliphatic carbocycles. The molecule has 0 saturated carbocycles. The number of hydrogen-bond donors (Lipinski definition) is 2. The third-order valence-corrected chi connectivity index (χ3v) is 8.25. The molecular formula is C36H28N4. The molecule has 2 aromatic heterocycles. The van der Waals surface area contributed by atoms with Crippen LogP contribution in [-0.2, 0) is 6.42 Å². The molecule has 0 unspecified atom stereocenters. The van der Waals surface area contributed by atoms with Crippen molar-refractivity contribution >= 4 is 50.2 Å². The molecule has 0 radical (unpaired) electrons. The van der Waals surface area contributed by atoms with Gasteiger partial charge in [0.15, 0.2) is 0 Å². The van der Waals surface area contributed by atoms with E-state index in [4.69, 9.17) is 11.5 Å². The lowest BCUT2D eigenvalue weighted by atomic mass is 10.0. The molecule has 4 nitrogen and oxygen atoms in total. The fourth-order valence-corrected chi connectivity index (χ4v) is 6.41. The summed E-state index contributed by atoms with van der Waals surface area (Å²) < 4.78 is 4.72. The van der Waals surface area contributed by atoms with Gasteiger partial charge in [-0.25, -0.2) is 0 Å². The SMILES string of the molecule is Nc1ccc2c(c1)c1cc(N)ccc1n2-c1ccc(-c2ccc(-n3c4c(c5ccccc53)C=CCC4)cc2)cc1. The Morgan fingerprint density at radius 1 is 0.525 bits per heavy atom. The zero-order chi connectivity index (χ0) is 26.8. The molecule has 0 spiro atoms. The van der Waals surface area contributed by atoms with Crippen molar-refractivity contribution < 1.29 is 0 Å². The van der Waals surface area contributed by atoms with E-state index in [1.807, 2.05) is 24.3 Å². The van der Waals surface area contributed by atoms with Crippen molar-refractivity contribution in [3.05, 3.63) is 127 Å². The van der Waals surface area contributed by atoms with E-state index in [1.54, 1.807) is 0 Å². The molecule has 5 aromatic carbocycles. The van der Waals surface area contributed by atoms with E-state index in [0.717, 1.165) is 51.7 Å². The number of rotatable bonds is 3. The Bertz CT molecular complexity index is 2050. The Kier molecular flexibility index (Phi) is 4.92. The van der Waals surface area contributed by atoms with Gasteiger partial charge in [0.25, 0.3) is 0 Å². The highest BCUT2D eigenvalue weighted by molar-refractivity contribution is 6.11. The highest BCUT2D eigenvalue weighted by Gasteiger charge is 2.18. The van der Waals surface area contributed by atoms with Gasteiger partial charge >= 0.3 is 0 Å². The topological polar surface area (TPSA) is 61.9 Å². The van der Waals surface area contributed by atoms with Crippen LogP contribution in [0, 0.1) is 0 Å². The minimum atomic E-state index is 0.748. The number of para-hydroxylation sites is 1. The molecule has 0 aliphatic heterocycles. The first-order chi connectivity index (χ1) is 19.7. The van der Waals surface area contributed by atoms with E-state index in [1.165, 1.54) is 39.0 Å². The van der Waals surface area contributed by atoms with Gasteiger partial charge in [0.1, 0.15) is 0 Å². The summed E-state index contributed by atoms with van der Waals surface area (Å²) in [5.41, 5.74) is 24.7. The van der Waals surface area contributed by atoms with Crippen molar-refractivity contribution in [2.45, 2.75) is 12.8 Å². The van der Waals surface area contributed by atoms with Gasteiger partial charge < -0.3 is 20.6 Å². The first kappa shape index (κ1) is 22.7. The quantitative estimate of drug-likeness (QED) is 0.231. The van der Waals surface area contributed by atoms with Crippen LogP contribution in [0.15, 0.2) is 115 Å². The van der Waals surface area contributed by atoms with Gasteiger partial charge in [0.2, 0.25) is 0 Å². The zero-order valence-electron chi connectivity index (χ0n) is 22.0. The van der Waals surface area contributed by atoms with Crippen LogP contribution in [0.2, 0.25) is 0 Å². The standard InChI is InChI=1S/C36H28N4/c37-25-13-19-35-31(21-25)32-22-26(38)14-20-36(32)40(35)28-17-11-24(12-18-28)23-9-15-27(16-10-23)39-33-7-3-1-5-29(33)30-6-2-4-8-34(30)39/h1-3,5-7,9-22H,4,8,37-38H2. The van der Waals surface area contributed by atoms with Crippen LogP contribution in [0.3, 0.4) is 0 Å². The van der Waals surface area contributed by atoms with Crippen molar-refractivity contribution in [1.29, 1.82) is 0 Å². The molecule has 0 amide bonds. The maximum Gasteiger partial charge on any atom is 0.0542 e. The van der Waals surface area contributed by atoms with Crippen molar-refractivity contribution in [2.24, 2.45) is 0 Å². The van der Waals surface area contributed by atoms with Crippen LogP contribution in [-0.4, -0.2) is 9.13 Å². The minimum Gasteiger partial charge on any atom is -0.399 e. The third-order valence-electron chi connectivity index (χ3n) is 8.25. The van der Waals surface area contributed by atoms with E-state index in [9.17, 15) is 0 Å². The number of allylic oxidation sites excluding steroid dienone is 1. The second kappa shape index (κ2) is 8.65. The van der Waals surface area contributed by atoms with Crippen molar-refractivity contribution in [3.63, 3.8) is 0 Å². The predicted molar refractivity (Wildman–Crippen MR) is 169 cm³/mol. The molecule has 2 heterocycles. The summed E-state index contributed by atoms with van der Waals surface area (Å²) in [6, 6.07) is 38.6. The number of nitrogens with two attached hydrogens (primary N) is 2. The average Bonchev–Trinajstić information content (AvgIpc) is 3.50. The van der Waals surface area contributed by atoms with E-state index < -0.39 is 0 Å².